The summed E-state index contributed by atoms with van der Waals surface area (Å²) in [5, 5.41) is 4.81. The average Bonchev–Trinajstić information content (AvgIpc) is 2.49. The first kappa shape index (κ1) is 17.4. The van der Waals surface area contributed by atoms with Gasteiger partial charge in [-0.05, 0) is 24.7 Å². The highest BCUT2D eigenvalue weighted by atomic mass is 32.2. The van der Waals surface area contributed by atoms with E-state index in [1.165, 1.54) is 32.1 Å². The third kappa shape index (κ3) is 5.35. The van der Waals surface area contributed by atoms with Crippen LogP contribution in [0.3, 0.4) is 0 Å². The normalized spacial score (nSPS) is 27.1. The zero-order valence-electron chi connectivity index (χ0n) is 13.1. The van der Waals surface area contributed by atoms with Crippen LogP contribution < -0.4 is 5.32 Å². The van der Waals surface area contributed by atoms with E-state index in [0.29, 0.717) is 12.6 Å². The van der Waals surface area contributed by atoms with Gasteiger partial charge in [0.05, 0.1) is 6.54 Å². The van der Waals surface area contributed by atoms with Crippen molar-refractivity contribution in [2.24, 2.45) is 16.8 Å². The Morgan fingerprint density at radius 3 is 2.35 bits per heavy atom. The second kappa shape index (κ2) is 10.1. The van der Waals surface area contributed by atoms with Gasteiger partial charge in [0, 0.05) is 11.8 Å². The molecule has 0 heterocycles. The van der Waals surface area contributed by atoms with E-state index in [4.69, 9.17) is 0 Å². The zero-order chi connectivity index (χ0) is 14.8. The summed E-state index contributed by atoms with van der Waals surface area (Å²) in [6, 6.07) is 0.583. The summed E-state index contributed by atoms with van der Waals surface area (Å²) in [5.74, 6) is 2.47. The van der Waals surface area contributed by atoms with Crippen LogP contribution in [0.4, 0.5) is 0 Å². The number of rotatable bonds is 7. The molecule has 0 aromatic carbocycles. The van der Waals surface area contributed by atoms with Crippen molar-refractivity contribution in [1.29, 1.82) is 0 Å². The van der Waals surface area contributed by atoms with E-state index >= 15 is 0 Å². The second-order valence-electron chi connectivity index (χ2n) is 5.47. The molecule has 1 fully saturated rings. The molecule has 0 spiro atoms. The molecular formula is C17H30N2S. The quantitative estimate of drug-likeness (QED) is 0.420. The van der Waals surface area contributed by atoms with Crippen LogP contribution >= 0.6 is 11.8 Å². The van der Waals surface area contributed by atoms with Gasteiger partial charge in [0.15, 0.2) is 5.17 Å². The van der Waals surface area contributed by atoms with Gasteiger partial charge >= 0.3 is 0 Å². The van der Waals surface area contributed by atoms with Crippen LogP contribution in [0.2, 0.25) is 0 Å². The molecule has 0 aromatic rings. The number of aliphatic imine (C=N–C) groups is 1. The van der Waals surface area contributed by atoms with E-state index in [1.807, 2.05) is 12.2 Å². The minimum atomic E-state index is 0.583. The maximum absolute atomic E-state index is 4.61. The van der Waals surface area contributed by atoms with Gasteiger partial charge < -0.3 is 5.32 Å². The summed E-state index contributed by atoms with van der Waals surface area (Å²) >= 11 is 1.75. The minimum absolute atomic E-state index is 0.583. The predicted molar refractivity (Wildman–Crippen MR) is 93.5 cm³/mol. The summed E-state index contributed by atoms with van der Waals surface area (Å²) in [7, 11) is 0. The highest BCUT2D eigenvalue weighted by Gasteiger charge is 2.31. The number of hydrogen-bond donors (Lipinski definition) is 1. The van der Waals surface area contributed by atoms with Crippen molar-refractivity contribution in [3.8, 4) is 0 Å². The van der Waals surface area contributed by atoms with E-state index in [-0.39, 0.29) is 0 Å². The van der Waals surface area contributed by atoms with Gasteiger partial charge in [0.1, 0.15) is 0 Å². The van der Waals surface area contributed by atoms with Crippen molar-refractivity contribution >= 4 is 16.9 Å². The lowest BCUT2D eigenvalue weighted by atomic mass is 9.74. The third-order valence-electron chi connectivity index (χ3n) is 4.21. The maximum Gasteiger partial charge on any atom is 0.157 e. The number of amidine groups is 1. The maximum atomic E-state index is 4.61. The van der Waals surface area contributed by atoms with Crippen LogP contribution in [0, 0.1) is 11.8 Å². The first-order chi connectivity index (χ1) is 9.76. The SMILES string of the molecule is C=CCN=C(NC1C(CC)CCCC1CC)SCC=C. The van der Waals surface area contributed by atoms with Gasteiger partial charge in [0.2, 0.25) is 0 Å². The monoisotopic (exact) mass is 294 g/mol. The topological polar surface area (TPSA) is 24.4 Å². The van der Waals surface area contributed by atoms with Crippen molar-refractivity contribution in [3.05, 3.63) is 25.3 Å². The summed E-state index contributed by atoms with van der Waals surface area (Å²) in [5.41, 5.74) is 0. The third-order valence-corrected chi connectivity index (χ3v) is 5.13. The van der Waals surface area contributed by atoms with E-state index < -0.39 is 0 Å². The Morgan fingerprint density at radius 1 is 1.20 bits per heavy atom. The molecular weight excluding hydrogens is 264 g/mol. The standard InChI is InChI=1S/C17H30N2S/c1-5-12-18-17(20-13-6-2)19-16-14(7-3)10-9-11-15(16)8-4/h5-6,14-16H,1-2,7-13H2,3-4H3,(H,18,19). The van der Waals surface area contributed by atoms with Crippen molar-refractivity contribution in [2.75, 3.05) is 12.3 Å². The van der Waals surface area contributed by atoms with Crippen molar-refractivity contribution in [2.45, 2.75) is 52.0 Å². The fourth-order valence-electron chi connectivity index (χ4n) is 3.10. The largest absolute Gasteiger partial charge is 0.362 e. The van der Waals surface area contributed by atoms with Crippen LogP contribution in [0.15, 0.2) is 30.3 Å². The second-order valence-corrected chi connectivity index (χ2v) is 6.48. The number of hydrogen-bond acceptors (Lipinski definition) is 2. The summed E-state index contributed by atoms with van der Waals surface area (Å²) in [6.07, 6.45) is 10.4. The van der Waals surface area contributed by atoms with Crippen molar-refractivity contribution in [3.63, 3.8) is 0 Å². The molecule has 114 valence electrons. The van der Waals surface area contributed by atoms with Crippen LogP contribution in [-0.4, -0.2) is 23.5 Å². The van der Waals surface area contributed by atoms with E-state index in [0.717, 1.165) is 22.8 Å². The Kier molecular flexibility index (Phi) is 8.75. The van der Waals surface area contributed by atoms with Crippen molar-refractivity contribution < 1.29 is 0 Å². The predicted octanol–water partition coefficient (Wildman–Crippen LogP) is 4.64. The van der Waals surface area contributed by atoms with Gasteiger partial charge in [-0.2, -0.15) is 0 Å². The van der Waals surface area contributed by atoms with Crippen LogP contribution in [0.25, 0.3) is 0 Å². The Balaban J connectivity index is 2.74. The Morgan fingerprint density at radius 2 is 1.85 bits per heavy atom. The lowest BCUT2D eigenvalue weighted by Gasteiger charge is -2.38. The summed E-state index contributed by atoms with van der Waals surface area (Å²) < 4.78 is 0. The molecule has 1 aliphatic carbocycles. The number of nitrogens with zero attached hydrogens (tertiary/aromatic N) is 1. The molecule has 0 aromatic heterocycles. The summed E-state index contributed by atoms with van der Waals surface area (Å²) in [4.78, 5) is 4.61. The van der Waals surface area contributed by atoms with E-state index in [2.05, 4.69) is 37.3 Å². The highest BCUT2D eigenvalue weighted by Crippen LogP contribution is 2.33. The first-order valence-electron chi connectivity index (χ1n) is 7.92. The fraction of sp³-hybridized carbons (Fsp3) is 0.706. The Hall–Kier alpha value is -0.700. The molecule has 2 atom stereocenters. The van der Waals surface area contributed by atoms with E-state index in [9.17, 15) is 0 Å². The van der Waals surface area contributed by atoms with E-state index in [1.54, 1.807) is 11.8 Å². The number of thioether (sulfide) groups is 1. The average molecular weight is 295 g/mol. The van der Waals surface area contributed by atoms with Crippen LogP contribution in [-0.2, 0) is 0 Å². The molecule has 20 heavy (non-hydrogen) atoms. The fourth-order valence-corrected chi connectivity index (χ4v) is 3.76. The number of nitrogens with one attached hydrogen (secondary N) is 1. The minimum Gasteiger partial charge on any atom is -0.362 e. The molecule has 1 N–H and O–H groups in total. The van der Waals surface area contributed by atoms with Gasteiger partial charge in [-0.1, -0.05) is 57.0 Å². The Bertz CT molecular complexity index is 313. The molecule has 0 saturated heterocycles. The highest BCUT2D eigenvalue weighted by molar-refractivity contribution is 8.13. The lowest BCUT2D eigenvalue weighted by molar-refractivity contribution is 0.194. The van der Waals surface area contributed by atoms with Crippen LogP contribution in [0.5, 0.6) is 0 Å². The van der Waals surface area contributed by atoms with Gasteiger partial charge in [-0.25, -0.2) is 0 Å². The molecule has 0 aliphatic heterocycles. The smallest absolute Gasteiger partial charge is 0.157 e. The molecule has 1 saturated carbocycles. The van der Waals surface area contributed by atoms with Gasteiger partial charge in [-0.15, -0.1) is 13.2 Å². The first-order valence-corrected chi connectivity index (χ1v) is 8.90. The molecule has 0 radical (unpaired) electrons. The molecule has 2 unspecified atom stereocenters. The lowest BCUT2D eigenvalue weighted by Crippen LogP contribution is -2.46. The van der Waals surface area contributed by atoms with Gasteiger partial charge in [-0.3, -0.25) is 4.99 Å². The molecule has 0 bridgehead atoms. The van der Waals surface area contributed by atoms with Crippen LogP contribution in [0.1, 0.15) is 46.0 Å². The Labute approximate surface area is 129 Å². The zero-order valence-corrected chi connectivity index (χ0v) is 13.9. The van der Waals surface area contributed by atoms with Crippen molar-refractivity contribution in [1.82, 2.24) is 5.32 Å². The molecule has 1 rings (SSSR count). The molecule has 2 nitrogen and oxygen atoms in total. The van der Waals surface area contributed by atoms with Gasteiger partial charge in [0.25, 0.3) is 0 Å². The summed E-state index contributed by atoms with van der Waals surface area (Å²) in [6.45, 7) is 12.9. The molecule has 3 heteroatoms. The molecule has 1 aliphatic rings. The molecule has 0 amide bonds.